The Bertz CT molecular complexity index is 754. The Balaban J connectivity index is 2.06. The van der Waals surface area contributed by atoms with Gasteiger partial charge in [0.2, 0.25) is 0 Å². The van der Waals surface area contributed by atoms with Crippen molar-refractivity contribution in [1.82, 2.24) is 15.0 Å². The van der Waals surface area contributed by atoms with Gasteiger partial charge in [-0.2, -0.15) is 0 Å². The highest BCUT2D eigenvalue weighted by molar-refractivity contribution is 7.91. The molecule has 6 nitrogen and oxygen atoms in total. The highest BCUT2D eigenvalue weighted by Gasteiger charge is 2.40. The lowest BCUT2D eigenvalue weighted by Gasteiger charge is -2.33. The number of hydrogen-bond acceptors (Lipinski definition) is 5. The van der Waals surface area contributed by atoms with E-state index in [9.17, 15) is 13.5 Å². The van der Waals surface area contributed by atoms with Crippen LogP contribution in [0.4, 0.5) is 0 Å². The van der Waals surface area contributed by atoms with Crippen LogP contribution >= 0.6 is 0 Å². The molecule has 1 aliphatic heterocycles. The minimum atomic E-state index is -3.30. The highest BCUT2D eigenvalue weighted by Crippen LogP contribution is 2.38. The maximum absolute atomic E-state index is 12.1. The van der Waals surface area contributed by atoms with Gasteiger partial charge in [-0.1, -0.05) is 23.4 Å². The molecule has 2 heterocycles. The van der Waals surface area contributed by atoms with Crippen LogP contribution in [0.3, 0.4) is 0 Å². The molecule has 20 heavy (non-hydrogen) atoms. The van der Waals surface area contributed by atoms with Crippen molar-refractivity contribution in [3.63, 3.8) is 0 Å². The summed E-state index contributed by atoms with van der Waals surface area (Å²) in [5.74, 6) is -0.0548. The third kappa shape index (κ3) is 2.12. The summed E-state index contributed by atoms with van der Waals surface area (Å²) in [5.41, 5.74) is -0.112. The van der Waals surface area contributed by atoms with Crippen molar-refractivity contribution >= 4 is 9.84 Å². The summed E-state index contributed by atoms with van der Waals surface area (Å²) in [6.07, 6.45) is 2.15. The maximum atomic E-state index is 12.1. The lowest BCUT2D eigenvalue weighted by Crippen LogP contribution is -2.37. The number of nitrogens with zero attached hydrogens (tertiary/aromatic N) is 3. The lowest BCUT2D eigenvalue weighted by atomic mass is 9.86. The Morgan fingerprint density at radius 1 is 1.40 bits per heavy atom. The number of aryl methyl sites for hydroxylation is 1. The van der Waals surface area contributed by atoms with E-state index in [1.165, 1.54) is 0 Å². The van der Waals surface area contributed by atoms with E-state index in [1.54, 1.807) is 42.2 Å². The third-order valence-corrected chi connectivity index (χ3v) is 5.40. The first-order valence-corrected chi connectivity index (χ1v) is 7.96. The summed E-state index contributed by atoms with van der Waals surface area (Å²) >= 11 is 0. The Morgan fingerprint density at radius 2 is 2.15 bits per heavy atom. The van der Waals surface area contributed by atoms with E-state index in [2.05, 4.69) is 10.3 Å². The van der Waals surface area contributed by atoms with Gasteiger partial charge in [0, 0.05) is 25.2 Å². The normalized spacial score (nSPS) is 24.3. The fourth-order valence-corrected chi connectivity index (χ4v) is 4.33. The standard InChI is InChI=1S/C13H15N3O3S/c1-16-9-10(14-15-16)8-13(17)6-7-20(18,19)12-5-3-2-4-11(12)13/h2-5,9,17H,6-8H2,1H3. The van der Waals surface area contributed by atoms with Crippen LogP contribution in [-0.2, 0) is 28.9 Å². The first-order valence-electron chi connectivity index (χ1n) is 6.31. The van der Waals surface area contributed by atoms with Crippen molar-refractivity contribution in [2.75, 3.05) is 5.75 Å². The van der Waals surface area contributed by atoms with Crippen LogP contribution in [0, 0.1) is 0 Å². The van der Waals surface area contributed by atoms with Crippen molar-refractivity contribution in [1.29, 1.82) is 0 Å². The number of aliphatic hydroxyl groups is 1. The number of rotatable bonds is 2. The second-order valence-electron chi connectivity index (χ2n) is 5.16. The summed E-state index contributed by atoms with van der Waals surface area (Å²) in [6, 6.07) is 6.62. The third-order valence-electron chi connectivity index (χ3n) is 3.63. The first kappa shape index (κ1) is 13.3. The van der Waals surface area contributed by atoms with E-state index < -0.39 is 15.4 Å². The first-order chi connectivity index (χ1) is 9.41. The number of sulfone groups is 1. The van der Waals surface area contributed by atoms with Crippen LogP contribution in [0.2, 0.25) is 0 Å². The van der Waals surface area contributed by atoms with Crippen molar-refractivity contribution in [3.05, 3.63) is 41.7 Å². The molecule has 1 aliphatic rings. The molecule has 1 unspecified atom stereocenters. The molecule has 2 aromatic rings. The van der Waals surface area contributed by atoms with Gasteiger partial charge in [0.15, 0.2) is 9.84 Å². The van der Waals surface area contributed by atoms with Crippen LogP contribution in [0.25, 0.3) is 0 Å². The number of hydrogen-bond donors (Lipinski definition) is 1. The van der Waals surface area contributed by atoms with Crippen molar-refractivity contribution < 1.29 is 13.5 Å². The van der Waals surface area contributed by atoms with Crippen LogP contribution in [0.15, 0.2) is 35.4 Å². The molecular formula is C13H15N3O3S. The fraction of sp³-hybridized carbons (Fsp3) is 0.385. The van der Waals surface area contributed by atoms with Gasteiger partial charge in [-0.25, -0.2) is 8.42 Å². The lowest BCUT2D eigenvalue weighted by molar-refractivity contribution is 0.0273. The summed E-state index contributed by atoms with van der Waals surface area (Å²) in [7, 11) is -1.55. The predicted octanol–water partition coefficient (Wildman–Crippen LogP) is 0.423. The number of benzene rings is 1. The largest absolute Gasteiger partial charge is 0.385 e. The highest BCUT2D eigenvalue weighted by atomic mass is 32.2. The fourth-order valence-electron chi connectivity index (χ4n) is 2.63. The van der Waals surface area contributed by atoms with E-state index in [4.69, 9.17) is 0 Å². The molecule has 0 radical (unpaired) electrons. The Kier molecular flexibility index (Phi) is 2.91. The quantitative estimate of drug-likeness (QED) is 0.867. The maximum Gasteiger partial charge on any atom is 0.178 e. The van der Waals surface area contributed by atoms with E-state index in [0.717, 1.165) is 0 Å². The topological polar surface area (TPSA) is 85.1 Å². The average Bonchev–Trinajstić information content (AvgIpc) is 2.81. The molecule has 106 valence electrons. The summed E-state index contributed by atoms with van der Waals surface area (Å²) in [6.45, 7) is 0. The molecule has 0 aliphatic carbocycles. The smallest absolute Gasteiger partial charge is 0.178 e. The van der Waals surface area contributed by atoms with E-state index in [-0.39, 0.29) is 23.5 Å². The average molecular weight is 293 g/mol. The Labute approximate surface area is 117 Å². The Morgan fingerprint density at radius 3 is 2.85 bits per heavy atom. The molecule has 1 aromatic carbocycles. The molecule has 3 rings (SSSR count). The molecule has 0 bridgehead atoms. The van der Waals surface area contributed by atoms with Crippen molar-refractivity contribution in [3.8, 4) is 0 Å². The van der Waals surface area contributed by atoms with Gasteiger partial charge < -0.3 is 5.11 Å². The second-order valence-corrected chi connectivity index (χ2v) is 7.23. The van der Waals surface area contributed by atoms with Crippen LogP contribution < -0.4 is 0 Å². The molecule has 1 atom stereocenters. The van der Waals surface area contributed by atoms with Gasteiger partial charge in [-0.3, -0.25) is 4.68 Å². The monoisotopic (exact) mass is 293 g/mol. The summed E-state index contributed by atoms with van der Waals surface area (Å²) in [4.78, 5) is 0.220. The molecule has 7 heteroatoms. The van der Waals surface area contributed by atoms with E-state index >= 15 is 0 Å². The van der Waals surface area contributed by atoms with Gasteiger partial charge >= 0.3 is 0 Å². The molecular weight excluding hydrogens is 278 g/mol. The number of aromatic nitrogens is 3. The molecule has 0 spiro atoms. The predicted molar refractivity (Wildman–Crippen MR) is 71.7 cm³/mol. The Hall–Kier alpha value is -1.73. The van der Waals surface area contributed by atoms with Gasteiger partial charge in [0.25, 0.3) is 0 Å². The minimum absolute atomic E-state index is 0.0548. The van der Waals surface area contributed by atoms with Crippen LogP contribution in [0.5, 0.6) is 0 Å². The molecule has 1 aromatic heterocycles. The van der Waals surface area contributed by atoms with Crippen molar-refractivity contribution in [2.24, 2.45) is 7.05 Å². The molecule has 0 saturated carbocycles. The van der Waals surface area contributed by atoms with E-state index in [1.807, 2.05) is 0 Å². The summed E-state index contributed by atoms with van der Waals surface area (Å²) in [5, 5.41) is 18.7. The molecule has 0 saturated heterocycles. The van der Waals surface area contributed by atoms with E-state index in [0.29, 0.717) is 11.3 Å². The van der Waals surface area contributed by atoms with Crippen LogP contribution in [0.1, 0.15) is 17.7 Å². The zero-order valence-corrected chi connectivity index (χ0v) is 11.8. The van der Waals surface area contributed by atoms with Gasteiger partial charge in [-0.15, -0.1) is 5.10 Å². The van der Waals surface area contributed by atoms with Crippen molar-refractivity contribution in [2.45, 2.75) is 23.3 Å². The van der Waals surface area contributed by atoms with Gasteiger partial charge in [0.05, 0.1) is 21.9 Å². The zero-order valence-electron chi connectivity index (χ0n) is 11.0. The minimum Gasteiger partial charge on any atom is -0.385 e. The molecule has 0 fully saturated rings. The molecule has 1 N–H and O–H groups in total. The van der Waals surface area contributed by atoms with Gasteiger partial charge in [-0.05, 0) is 12.5 Å². The second kappa shape index (κ2) is 4.39. The van der Waals surface area contributed by atoms with Gasteiger partial charge in [0.1, 0.15) is 0 Å². The summed E-state index contributed by atoms with van der Waals surface area (Å²) < 4.78 is 25.7. The van der Waals surface area contributed by atoms with Crippen LogP contribution in [-0.4, -0.2) is 34.3 Å². The zero-order chi connectivity index (χ0) is 14.4. The SMILES string of the molecule is Cn1cc(CC2(O)CCS(=O)(=O)c3ccccc32)nn1. The molecule has 0 amide bonds. The number of fused-ring (bicyclic) bond motifs is 1.